The van der Waals surface area contributed by atoms with Gasteiger partial charge in [0.15, 0.2) is 0 Å². The Labute approximate surface area is 203 Å². The van der Waals surface area contributed by atoms with Crippen LogP contribution >= 0.6 is 0 Å². The van der Waals surface area contributed by atoms with Gasteiger partial charge in [-0.15, -0.1) is 0 Å². The molecule has 1 saturated heterocycles. The molecule has 3 amide bonds. The summed E-state index contributed by atoms with van der Waals surface area (Å²) in [5.41, 5.74) is 3.16. The number of hydrogen-bond acceptors (Lipinski definition) is 3. The van der Waals surface area contributed by atoms with E-state index in [-0.39, 0.29) is 36.1 Å². The molecule has 0 bridgehead atoms. The van der Waals surface area contributed by atoms with Crippen molar-refractivity contribution in [2.24, 2.45) is 0 Å². The largest absolute Gasteiger partial charge is 0.346 e. The first kappa shape index (κ1) is 22.8. The number of carbonyl (C=O) groups is 3. The minimum absolute atomic E-state index is 0.0967. The van der Waals surface area contributed by atoms with Gasteiger partial charge in [0.2, 0.25) is 5.91 Å². The number of para-hydroxylation sites is 1. The van der Waals surface area contributed by atoms with Crippen LogP contribution in [0.4, 0.5) is 10.1 Å². The van der Waals surface area contributed by atoms with Gasteiger partial charge in [0, 0.05) is 12.1 Å². The molecule has 0 aliphatic carbocycles. The summed E-state index contributed by atoms with van der Waals surface area (Å²) in [5, 5.41) is 2.94. The van der Waals surface area contributed by atoms with Crippen molar-refractivity contribution in [2.75, 3.05) is 11.4 Å². The average Bonchev–Trinajstić information content (AvgIpc) is 3.34. The van der Waals surface area contributed by atoms with E-state index in [0.717, 1.165) is 17.5 Å². The fraction of sp³-hybridized carbons (Fsp3) is 0.250. The number of benzene rings is 3. The fourth-order valence-corrected chi connectivity index (χ4v) is 4.88. The lowest BCUT2D eigenvalue weighted by Crippen LogP contribution is -2.44. The van der Waals surface area contributed by atoms with Crippen LogP contribution in [-0.2, 0) is 11.3 Å². The molecule has 3 aromatic rings. The van der Waals surface area contributed by atoms with Crippen LogP contribution in [0.5, 0.6) is 0 Å². The molecule has 0 saturated carbocycles. The third kappa shape index (κ3) is 4.41. The zero-order chi connectivity index (χ0) is 24.5. The van der Waals surface area contributed by atoms with Gasteiger partial charge >= 0.3 is 0 Å². The number of nitrogens with one attached hydrogen (secondary N) is 1. The quantitative estimate of drug-likeness (QED) is 0.597. The van der Waals surface area contributed by atoms with Gasteiger partial charge in [-0.1, -0.05) is 36.4 Å². The van der Waals surface area contributed by atoms with Gasteiger partial charge < -0.3 is 15.1 Å². The van der Waals surface area contributed by atoms with Gasteiger partial charge in [-0.25, -0.2) is 4.39 Å². The van der Waals surface area contributed by atoms with Crippen molar-refractivity contribution in [1.82, 2.24) is 10.2 Å². The number of carbonyl (C=O) groups excluding carboxylic acids is 3. The topological polar surface area (TPSA) is 69.7 Å². The number of halogens is 1. The highest BCUT2D eigenvalue weighted by atomic mass is 19.1. The van der Waals surface area contributed by atoms with E-state index in [2.05, 4.69) is 5.32 Å². The standard InChI is InChI=1S/C28H26FN3O3/c1-18(20-11-13-22(29)14-12-20)30-26(33)21-7-4-6-19(16-21)17-32-24-9-3-2-8-23(24)27(34)31-15-5-10-25(31)28(32)35/h2-4,6-9,11-14,16,18,25H,5,10,15,17H2,1H3,(H,30,33). The van der Waals surface area contributed by atoms with E-state index < -0.39 is 6.04 Å². The highest BCUT2D eigenvalue weighted by Crippen LogP contribution is 2.33. The molecule has 2 aliphatic heterocycles. The molecule has 7 heteroatoms. The van der Waals surface area contributed by atoms with Crippen molar-refractivity contribution in [3.05, 3.63) is 101 Å². The lowest BCUT2D eigenvalue weighted by molar-refractivity contribution is -0.122. The molecule has 0 radical (unpaired) electrons. The van der Waals surface area contributed by atoms with Gasteiger partial charge in [0.05, 0.1) is 23.8 Å². The minimum atomic E-state index is -0.460. The molecule has 6 nitrogen and oxygen atoms in total. The van der Waals surface area contributed by atoms with Crippen molar-refractivity contribution < 1.29 is 18.8 Å². The predicted octanol–water partition coefficient (Wildman–Crippen LogP) is 4.47. The molecular weight excluding hydrogens is 445 g/mol. The van der Waals surface area contributed by atoms with Crippen molar-refractivity contribution in [3.8, 4) is 0 Å². The third-order valence-corrected chi connectivity index (χ3v) is 6.74. The molecular formula is C28H26FN3O3. The predicted molar refractivity (Wildman–Crippen MR) is 130 cm³/mol. The smallest absolute Gasteiger partial charge is 0.256 e. The SMILES string of the molecule is CC(NC(=O)c1cccc(CN2C(=O)C3CCCN3C(=O)c3ccccc32)c1)c1ccc(F)cc1. The van der Waals surface area contributed by atoms with E-state index in [0.29, 0.717) is 29.8 Å². The van der Waals surface area contributed by atoms with Crippen LogP contribution in [-0.4, -0.2) is 35.2 Å². The number of rotatable bonds is 5. The molecule has 35 heavy (non-hydrogen) atoms. The first-order valence-electron chi connectivity index (χ1n) is 11.8. The van der Waals surface area contributed by atoms with Crippen molar-refractivity contribution in [3.63, 3.8) is 0 Å². The summed E-state index contributed by atoms with van der Waals surface area (Å²) in [6.45, 7) is 2.67. The molecule has 2 aliphatic rings. The zero-order valence-electron chi connectivity index (χ0n) is 19.4. The molecule has 178 valence electrons. The van der Waals surface area contributed by atoms with Gasteiger partial charge in [-0.05, 0) is 67.3 Å². The van der Waals surface area contributed by atoms with E-state index in [1.54, 1.807) is 52.3 Å². The van der Waals surface area contributed by atoms with E-state index in [1.165, 1.54) is 12.1 Å². The number of nitrogens with zero attached hydrogens (tertiary/aromatic N) is 2. The summed E-state index contributed by atoms with van der Waals surface area (Å²) < 4.78 is 13.2. The summed E-state index contributed by atoms with van der Waals surface area (Å²) in [7, 11) is 0. The van der Waals surface area contributed by atoms with Crippen LogP contribution in [0.1, 0.15) is 57.7 Å². The van der Waals surface area contributed by atoms with E-state index >= 15 is 0 Å². The van der Waals surface area contributed by atoms with Crippen LogP contribution in [0.15, 0.2) is 72.8 Å². The van der Waals surface area contributed by atoms with Crippen LogP contribution in [0.3, 0.4) is 0 Å². The van der Waals surface area contributed by atoms with Crippen LogP contribution < -0.4 is 10.2 Å². The summed E-state index contributed by atoms with van der Waals surface area (Å²) in [6.07, 6.45) is 1.46. The molecule has 0 aromatic heterocycles. The summed E-state index contributed by atoms with van der Waals surface area (Å²) in [5.74, 6) is -0.794. The van der Waals surface area contributed by atoms with Crippen LogP contribution in [0.25, 0.3) is 0 Å². The Bertz CT molecular complexity index is 1290. The molecule has 2 atom stereocenters. The van der Waals surface area contributed by atoms with Crippen molar-refractivity contribution >= 4 is 23.4 Å². The Morgan fingerprint density at radius 3 is 2.63 bits per heavy atom. The van der Waals surface area contributed by atoms with Crippen molar-refractivity contribution in [1.29, 1.82) is 0 Å². The normalized spacial score (nSPS) is 18.1. The van der Waals surface area contributed by atoms with E-state index in [4.69, 9.17) is 0 Å². The summed E-state index contributed by atoms with van der Waals surface area (Å²) in [4.78, 5) is 42.9. The number of hydrogen-bond donors (Lipinski definition) is 1. The molecule has 1 fully saturated rings. The second kappa shape index (κ2) is 9.33. The van der Waals surface area contributed by atoms with E-state index in [1.807, 2.05) is 25.1 Å². The van der Waals surface area contributed by atoms with Gasteiger partial charge in [-0.3, -0.25) is 14.4 Å². The first-order chi connectivity index (χ1) is 16.9. The Kier molecular flexibility index (Phi) is 6.07. The molecule has 2 unspecified atom stereocenters. The first-order valence-corrected chi connectivity index (χ1v) is 11.8. The second-order valence-electron chi connectivity index (χ2n) is 9.05. The lowest BCUT2D eigenvalue weighted by Gasteiger charge is -2.26. The summed E-state index contributed by atoms with van der Waals surface area (Å²) >= 11 is 0. The Balaban J connectivity index is 1.39. The minimum Gasteiger partial charge on any atom is -0.346 e. The number of anilines is 1. The Morgan fingerprint density at radius 2 is 1.83 bits per heavy atom. The monoisotopic (exact) mass is 471 g/mol. The Morgan fingerprint density at radius 1 is 1.06 bits per heavy atom. The van der Waals surface area contributed by atoms with Gasteiger partial charge in [0.25, 0.3) is 11.8 Å². The van der Waals surface area contributed by atoms with Gasteiger partial charge in [-0.2, -0.15) is 0 Å². The highest BCUT2D eigenvalue weighted by Gasteiger charge is 2.41. The maximum absolute atomic E-state index is 13.5. The second-order valence-corrected chi connectivity index (χ2v) is 9.05. The molecule has 2 heterocycles. The maximum Gasteiger partial charge on any atom is 0.256 e. The maximum atomic E-state index is 13.5. The number of amides is 3. The third-order valence-electron chi connectivity index (χ3n) is 6.74. The average molecular weight is 472 g/mol. The zero-order valence-corrected chi connectivity index (χ0v) is 19.4. The van der Waals surface area contributed by atoms with Crippen LogP contribution in [0.2, 0.25) is 0 Å². The highest BCUT2D eigenvalue weighted by molar-refractivity contribution is 6.11. The Hall–Kier alpha value is -4.00. The van der Waals surface area contributed by atoms with Crippen molar-refractivity contribution in [2.45, 2.75) is 38.4 Å². The summed E-state index contributed by atoms with van der Waals surface area (Å²) in [6, 6.07) is 19.6. The number of fused-ring (bicyclic) bond motifs is 2. The molecule has 1 N–H and O–H groups in total. The van der Waals surface area contributed by atoms with Crippen LogP contribution in [0, 0.1) is 5.82 Å². The van der Waals surface area contributed by atoms with E-state index in [9.17, 15) is 18.8 Å². The lowest BCUT2D eigenvalue weighted by atomic mass is 10.1. The molecule has 5 rings (SSSR count). The molecule has 0 spiro atoms. The fourth-order valence-electron chi connectivity index (χ4n) is 4.88. The van der Waals surface area contributed by atoms with Gasteiger partial charge in [0.1, 0.15) is 11.9 Å². The molecule has 3 aromatic carbocycles.